The first-order chi connectivity index (χ1) is 10.2. The molecule has 0 fully saturated rings. The van der Waals surface area contributed by atoms with Gasteiger partial charge in [0.2, 0.25) is 0 Å². The molecule has 0 N–H and O–H groups in total. The van der Waals surface area contributed by atoms with Gasteiger partial charge >= 0.3 is 0 Å². The minimum absolute atomic E-state index is 0.0203. The number of nitrogens with zero attached hydrogens (tertiary/aromatic N) is 1. The Morgan fingerprint density at radius 2 is 1.86 bits per heavy atom. The summed E-state index contributed by atoms with van der Waals surface area (Å²) in [4.78, 5) is 12.2. The second kappa shape index (κ2) is 5.52. The third-order valence-corrected chi connectivity index (χ3v) is 3.38. The second-order valence-corrected chi connectivity index (χ2v) is 4.77. The van der Waals surface area contributed by atoms with Crippen molar-refractivity contribution in [1.82, 2.24) is 0 Å². The summed E-state index contributed by atoms with van der Waals surface area (Å²) in [5, 5.41) is 0. The summed E-state index contributed by atoms with van der Waals surface area (Å²) < 4.78 is 34.0. The molecule has 0 saturated heterocycles. The maximum absolute atomic E-state index is 14.2. The van der Waals surface area contributed by atoms with Crippen LogP contribution in [0.4, 0.5) is 20.2 Å². The third kappa shape index (κ3) is 2.46. The molecule has 0 aliphatic carbocycles. The highest BCUT2D eigenvalue weighted by atomic mass is 19.1. The molecule has 2 aromatic rings. The number of ether oxygens (including phenoxy) is 1. The van der Waals surface area contributed by atoms with Crippen molar-refractivity contribution in [1.29, 1.82) is 0 Å². The molecule has 1 aliphatic rings. The lowest BCUT2D eigenvalue weighted by atomic mass is 10.1. The van der Waals surface area contributed by atoms with Crippen LogP contribution in [-0.4, -0.2) is 19.4 Å². The normalized spacial score (nSPS) is 14.1. The number of hydrogen-bond acceptors (Lipinski definition) is 3. The van der Waals surface area contributed by atoms with Crippen molar-refractivity contribution in [2.75, 3.05) is 18.1 Å². The number of carbonyl (C=O) groups is 1. The SMILES string of the molecule is O=Cc1cc(F)c(N2CCCOc3ccccc32)c(F)c1. The first-order valence-corrected chi connectivity index (χ1v) is 6.64. The van der Waals surface area contributed by atoms with Crippen molar-refractivity contribution in [3.63, 3.8) is 0 Å². The summed E-state index contributed by atoms with van der Waals surface area (Å²) in [5.41, 5.74) is 0.443. The summed E-state index contributed by atoms with van der Waals surface area (Å²) in [6.07, 6.45) is 1.07. The van der Waals surface area contributed by atoms with Gasteiger partial charge in [0, 0.05) is 12.1 Å². The third-order valence-electron chi connectivity index (χ3n) is 3.38. The van der Waals surface area contributed by atoms with Crippen LogP contribution in [0.15, 0.2) is 36.4 Å². The van der Waals surface area contributed by atoms with E-state index in [-0.39, 0.29) is 11.3 Å². The molecule has 1 aliphatic heterocycles. The number of aldehydes is 1. The molecule has 0 unspecified atom stereocenters. The Balaban J connectivity index is 2.14. The van der Waals surface area contributed by atoms with E-state index in [1.54, 1.807) is 23.1 Å². The van der Waals surface area contributed by atoms with Gasteiger partial charge in [-0.2, -0.15) is 0 Å². The topological polar surface area (TPSA) is 29.5 Å². The molecule has 0 amide bonds. The minimum atomic E-state index is -0.756. The van der Waals surface area contributed by atoms with Crippen molar-refractivity contribution in [3.8, 4) is 5.75 Å². The van der Waals surface area contributed by atoms with Crippen molar-refractivity contribution in [2.24, 2.45) is 0 Å². The van der Waals surface area contributed by atoms with Crippen molar-refractivity contribution >= 4 is 17.7 Å². The molecule has 0 radical (unpaired) electrons. The van der Waals surface area contributed by atoms with Gasteiger partial charge < -0.3 is 9.64 Å². The Kier molecular flexibility index (Phi) is 3.56. The van der Waals surface area contributed by atoms with E-state index >= 15 is 0 Å². The van der Waals surface area contributed by atoms with Gasteiger partial charge in [0.15, 0.2) is 11.6 Å². The van der Waals surface area contributed by atoms with E-state index in [2.05, 4.69) is 0 Å². The molecule has 108 valence electrons. The van der Waals surface area contributed by atoms with Crippen LogP contribution in [0.3, 0.4) is 0 Å². The lowest BCUT2D eigenvalue weighted by Gasteiger charge is -2.24. The van der Waals surface area contributed by atoms with E-state index in [1.807, 2.05) is 6.07 Å². The average molecular weight is 289 g/mol. The second-order valence-electron chi connectivity index (χ2n) is 4.77. The number of anilines is 2. The Labute approximate surface area is 120 Å². The molecule has 0 aromatic heterocycles. The molecule has 3 rings (SSSR count). The van der Waals surface area contributed by atoms with Gasteiger partial charge in [-0.3, -0.25) is 4.79 Å². The lowest BCUT2D eigenvalue weighted by molar-refractivity contribution is 0.112. The molecule has 5 heteroatoms. The minimum Gasteiger partial charge on any atom is -0.491 e. The Morgan fingerprint density at radius 1 is 1.14 bits per heavy atom. The fourth-order valence-corrected chi connectivity index (χ4v) is 2.47. The van der Waals surface area contributed by atoms with E-state index in [0.717, 1.165) is 12.1 Å². The molecule has 0 spiro atoms. The van der Waals surface area contributed by atoms with Crippen LogP contribution in [0, 0.1) is 11.6 Å². The fourth-order valence-electron chi connectivity index (χ4n) is 2.47. The molecule has 2 aromatic carbocycles. The Bertz CT molecular complexity index is 665. The predicted molar refractivity (Wildman–Crippen MR) is 75.3 cm³/mol. The number of halogens is 2. The maximum atomic E-state index is 14.2. The van der Waals surface area contributed by atoms with Gasteiger partial charge in [0.1, 0.15) is 17.7 Å². The molecular weight excluding hydrogens is 276 g/mol. The summed E-state index contributed by atoms with van der Waals surface area (Å²) >= 11 is 0. The van der Waals surface area contributed by atoms with Crippen LogP contribution < -0.4 is 9.64 Å². The number of hydrogen-bond donors (Lipinski definition) is 0. The van der Waals surface area contributed by atoms with Crippen LogP contribution >= 0.6 is 0 Å². The van der Waals surface area contributed by atoms with Crippen molar-refractivity contribution in [2.45, 2.75) is 6.42 Å². The molecular formula is C16H13F2NO2. The zero-order valence-corrected chi connectivity index (χ0v) is 11.2. The van der Waals surface area contributed by atoms with E-state index in [0.29, 0.717) is 37.3 Å². The Morgan fingerprint density at radius 3 is 2.57 bits per heavy atom. The van der Waals surface area contributed by atoms with Crippen LogP contribution in [0.25, 0.3) is 0 Å². The van der Waals surface area contributed by atoms with Crippen LogP contribution in [-0.2, 0) is 0 Å². The highest BCUT2D eigenvalue weighted by Gasteiger charge is 2.23. The average Bonchev–Trinajstić information content (AvgIpc) is 2.69. The van der Waals surface area contributed by atoms with Crippen molar-refractivity contribution < 1.29 is 18.3 Å². The Hall–Kier alpha value is -2.43. The smallest absolute Gasteiger partial charge is 0.150 e. The number of para-hydroxylation sites is 2. The monoisotopic (exact) mass is 289 g/mol. The van der Waals surface area contributed by atoms with Gasteiger partial charge in [-0.15, -0.1) is 0 Å². The summed E-state index contributed by atoms with van der Waals surface area (Å²) in [7, 11) is 0. The van der Waals surface area contributed by atoms with E-state index < -0.39 is 11.6 Å². The van der Waals surface area contributed by atoms with Gasteiger partial charge in [-0.25, -0.2) is 8.78 Å². The molecule has 0 atom stereocenters. The molecule has 3 nitrogen and oxygen atoms in total. The first-order valence-electron chi connectivity index (χ1n) is 6.64. The molecule has 0 saturated carbocycles. The van der Waals surface area contributed by atoms with Crippen LogP contribution in [0.5, 0.6) is 5.75 Å². The number of fused-ring (bicyclic) bond motifs is 1. The highest BCUT2D eigenvalue weighted by Crippen LogP contribution is 2.38. The first kappa shape index (κ1) is 13.5. The highest BCUT2D eigenvalue weighted by molar-refractivity contribution is 5.78. The molecule has 1 heterocycles. The quantitative estimate of drug-likeness (QED) is 0.790. The largest absolute Gasteiger partial charge is 0.491 e. The van der Waals surface area contributed by atoms with Gasteiger partial charge in [-0.05, 0) is 30.7 Å². The number of benzene rings is 2. The summed E-state index contributed by atoms with van der Waals surface area (Å²) in [5.74, 6) is -0.920. The zero-order valence-electron chi connectivity index (χ0n) is 11.2. The zero-order chi connectivity index (χ0) is 14.8. The van der Waals surface area contributed by atoms with Crippen LogP contribution in [0.1, 0.15) is 16.8 Å². The predicted octanol–water partition coefficient (Wildman–Crippen LogP) is 3.70. The summed E-state index contributed by atoms with van der Waals surface area (Å²) in [6.45, 7) is 0.925. The molecule has 0 bridgehead atoms. The standard InChI is InChI=1S/C16H13F2NO2/c17-12-8-11(10-20)9-13(18)16(12)19-6-3-7-21-15-5-2-1-4-14(15)19/h1-2,4-5,8-10H,3,6-7H2. The number of carbonyl (C=O) groups excluding carboxylic acids is 1. The lowest BCUT2D eigenvalue weighted by Crippen LogP contribution is -2.20. The van der Waals surface area contributed by atoms with E-state index in [4.69, 9.17) is 4.74 Å². The van der Waals surface area contributed by atoms with E-state index in [1.165, 1.54) is 0 Å². The van der Waals surface area contributed by atoms with Crippen LogP contribution in [0.2, 0.25) is 0 Å². The van der Waals surface area contributed by atoms with Gasteiger partial charge in [-0.1, -0.05) is 12.1 Å². The van der Waals surface area contributed by atoms with E-state index in [9.17, 15) is 13.6 Å². The molecule has 21 heavy (non-hydrogen) atoms. The summed E-state index contributed by atoms with van der Waals surface area (Å²) in [6, 6.07) is 9.20. The van der Waals surface area contributed by atoms with Gasteiger partial charge in [0.05, 0.1) is 12.3 Å². The van der Waals surface area contributed by atoms with Gasteiger partial charge in [0.25, 0.3) is 0 Å². The number of rotatable bonds is 2. The maximum Gasteiger partial charge on any atom is 0.150 e. The fraction of sp³-hybridized carbons (Fsp3) is 0.188. The van der Waals surface area contributed by atoms with Crippen molar-refractivity contribution in [3.05, 3.63) is 53.6 Å².